The van der Waals surface area contributed by atoms with Crippen molar-refractivity contribution in [1.82, 2.24) is 9.55 Å². The fraction of sp³-hybridized carbons (Fsp3) is 0.667. The molecule has 0 spiro atoms. The summed E-state index contributed by atoms with van der Waals surface area (Å²) in [7, 11) is 1.34. The molecule has 2 rings (SSSR count). The molecule has 1 aliphatic carbocycles. The summed E-state index contributed by atoms with van der Waals surface area (Å²) in [6.45, 7) is 5.10. The second kappa shape index (κ2) is 4.39. The average molecular weight is 237 g/mol. The van der Waals surface area contributed by atoms with Crippen LogP contribution in [0, 0.1) is 11.8 Å². The Morgan fingerprint density at radius 1 is 1.65 bits per heavy atom. The fourth-order valence-corrected chi connectivity index (χ4v) is 2.12. The number of rotatable bonds is 4. The summed E-state index contributed by atoms with van der Waals surface area (Å²) in [5.41, 5.74) is 6.23. The van der Waals surface area contributed by atoms with Crippen molar-refractivity contribution in [3.63, 3.8) is 0 Å². The number of hydrogen-bond donors (Lipinski definition) is 1. The summed E-state index contributed by atoms with van der Waals surface area (Å²) in [5, 5.41) is 0. The summed E-state index contributed by atoms with van der Waals surface area (Å²) < 4.78 is 6.64. The van der Waals surface area contributed by atoms with E-state index in [1.54, 1.807) is 0 Å². The van der Waals surface area contributed by atoms with Gasteiger partial charge in [0.25, 0.3) is 0 Å². The number of esters is 1. The molecule has 1 aliphatic rings. The first-order valence-corrected chi connectivity index (χ1v) is 6.01. The molecule has 5 heteroatoms. The number of methoxy groups -OCH3 is 1. The third kappa shape index (κ3) is 2.14. The van der Waals surface area contributed by atoms with Gasteiger partial charge in [-0.2, -0.15) is 0 Å². The molecule has 1 heterocycles. The summed E-state index contributed by atoms with van der Waals surface area (Å²) in [6.07, 6.45) is 2.00. The van der Waals surface area contributed by atoms with Crippen molar-refractivity contribution >= 4 is 11.8 Å². The Hall–Kier alpha value is -1.52. The van der Waals surface area contributed by atoms with Crippen molar-refractivity contribution < 1.29 is 9.53 Å². The van der Waals surface area contributed by atoms with Gasteiger partial charge < -0.3 is 15.0 Å². The van der Waals surface area contributed by atoms with E-state index in [0.717, 1.165) is 24.7 Å². The molecule has 2 unspecified atom stereocenters. The lowest BCUT2D eigenvalue weighted by atomic mass is 10.3. The average Bonchev–Trinajstić information content (AvgIpc) is 2.92. The number of carbonyl (C=O) groups is 1. The molecule has 1 aromatic heterocycles. The molecule has 0 bridgehead atoms. The van der Waals surface area contributed by atoms with Gasteiger partial charge in [0, 0.05) is 13.0 Å². The molecule has 1 saturated carbocycles. The smallest absolute Gasteiger partial charge is 0.360 e. The van der Waals surface area contributed by atoms with E-state index in [9.17, 15) is 4.79 Å². The van der Waals surface area contributed by atoms with Crippen LogP contribution in [0.1, 0.15) is 36.6 Å². The lowest BCUT2D eigenvalue weighted by molar-refractivity contribution is 0.0595. The van der Waals surface area contributed by atoms with Gasteiger partial charge in [0.2, 0.25) is 0 Å². The lowest BCUT2D eigenvalue weighted by Crippen LogP contribution is -2.10. The van der Waals surface area contributed by atoms with Crippen molar-refractivity contribution in [2.75, 3.05) is 12.8 Å². The predicted molar refractivity (Wildman–Crippen MR) is 64.6 cm³/mol. The first-order chi connectivity index (χ1) is 8.08. The van der Waals surface area contributed by atoms with E-state index in [0.29, 0.717) is 11.7 Å². The fourth-order valence-electron chi connectivity index (χ4n) is 2.12. The van der Waals surface area contributed by atoms with Crippen LogP contribution in [0.2, 0.25) is 0 Å². The molecule has 94 valence electrons. The number of ether oxygens (including phenoxy) is 1. The minimum atomic E-state index is -0.459. The van der Waals surface area contributed by atoms with E-state index >= 15 is 0 Å². The van der Waals surface area contributed by atoms with Gasteiger partial charge in [0.15, 0.2) is 5.69 Å². The van der Waals surface area contributed by atoms with E-state index in [-0.39, 0.29) is 5.69 Å². The zero-order valence-corrected chi connectivity index (χ0v) is 10.6. The number of nitrogen functional groups attached to an aromatic ring is 1. The molecule has 2 atom stereocenters. The Kier molecular flexibility index (Phi) is 3.09. The van der Waals surface area contributed by atoms with Gasteiger partial charge in [-0.15, -0.1) is 0 Å². The molecule has 5 nitrogen and oxygen atoms in total. The predicted octanol–water partition coefficient (Wildman–Crippen LogP) is 1.47. The van der Waals surface area contributed by atoms with Crippen LogP contribution in [0.15, 0.2) is 0 Å². The van der Waals surface area contributed by atoms with Crippen molar-refractivity contribution in [2.24, 2.45) is 11.8 Å². The van der Waals surface area contributed by atoms with Gasteiger partial charge in [-0.1, -0.05) is 13.8 Å². The third-order valence-corrected chi connectivity index (χ3v) is 3.47. The Morgan fingerprint density at radius 3 is 2.76 bits per heavy atom. The number of anilines is 1. The molecule has 1 fully saturated rings. The topological polar surface area (TPSA) is 70.1 Å². The van der Waals surface area contributed by atoms with Crippen molar-refractivity contribution in [2.45, 2.75) is 33.2 Å². The first kappa shape index (κ1) is 12.0. The molecular formula is C12H19N3O2. The second-order valence-electron chi connectivity index (χ2n) is 4.69. The van der Waals surface area contributed by atoms with Crippen molar-refractivity contribution in [3.8, 4) is 0 Å². The van der Waals surface area contributed by atoms with E-state index in [2.05, 4.69) is 16.6 Å². The van der Waals surface area contributed by atoms with Gasteiger partial charge in [-0.3, -0.25) is 0 Å². The van der Waals surface area contributed by atoms with Crippen molar-refractivity contribution in [1.29, 1.82) is 0 Å². The maximum atomic E-state index is 11.5. The first-order valence-electron chi connectivity index (χ1n) is 6.01. The number of hydrogen-bond acceptors (Lipinski definition) is 4. The largest absolute Gasteiger partial charge is 0.464 e. The lowest BCUT2D eigenvalue weighted by Gasteiger charge is -2.07. The number of carbonyl (C=O) groups excluding carboxylic acids is 1. The van der Waals surface area contributed by atoms with Gasteiger partial charge in [-0.05, 0) is 18.3 Å². The molecule has 2 N–H and O–H groups in total. The van der Waals surface area contributed by atoms with Crippen LogP contribution in [0.3, 0.4) is 0 Å². The zero-order valence-electron chi connectivity index (χ0n) is 10.6. The van der Waals surface area contributed by atoms with E-state index in [1.807, 2.05) is 11.5 Å². The summed E-state index contributed by atoms with van der Waals surface area (Å²) >= 11 is 0. The van der Waals surface area contributed by atoms with Crippen LogP contribution in [-0.2, 0) is 17.7 Å². The molecule has 0 radical (unpaired) electrons. The highest BCUT2D eigenvalue weighted by atomic mass is 16.5. The quantitative estimate of drug-likeness (QED) is 0.805. The van der Waals surface area contributed by atoms with Crippen LogP contribution in [-0.4, -0.2) is 22.6 Å². The maximum Gasteiger partial charge on any atom is 0.360 e. The van der Waals surface area contributed by atoms with Crippen molar-refractivity contribution in [3.05, 3.63) is 11.5 Å². The van der Waals surface area contributed by atoms with Gasteiger partial charge in [-0.25, -0.2) is 9.78 Å². The highest BCUT2D eigenvalue weighted by Gasteiger charge is 2.34. The van der Waals surface area contributed by atoms with Crippen LogP contribution in [0.5, 0.6) is 0 Å². The summed E-state index contributed by atoms with van der Waals surface area (Å²) in [6, 6.07) is 0. The Bertz CT molecular complexity index is 439. The SMILES string of the molecule is CCc1nc(C(=O)OC)c(N)n1CC1CC1C. The molecular weight excluding hydrogens is 218 g/mol. The molecule has 17 heavy (non-hydrogen) atoms. The minimum absolute atomic E-state index is 0.248. The molecule has 0 saturated heterocycles. The Labute approximate surface area is 101 Å². The summed E-state index contributed by atoms with van der Waals surface area (Å²) in [5.74, 6) is 2.26. The number of nitrogens with zero attached hydrogens (tertiary/aromatic N) is 2. The van der Waals surface area contributed by atoms with Gasteiger partial charge in [0.1, 0.15) is 11.6 Å². The van der Waals surface area contributed by atoms with Crippen LogP contribution in [0.4, 0.5) is 5.82 Å². The normalized spacial score (nSPS) is 22.5. The molecule has 1 aromatic rings. The number of aryl methyl sites for hydroxylation is 1. The monoisotopic (exact) mass is 237 g/mol. The molecule has 0 aromatic carbocycles. The molecule has 0 amide bonds. The van der Waals surface area contributed by atoms with Crippen LogP contribution in [0.25, 0.3) is 0 Å². The number of aromatic nitrogens is 2. The zero-order chi connectivity index (χ0) is 12.6. The number of nitrogens with two attached hydrogens (primary N) is 1. The Balaban J connectivity index is 2.29. The van der Waals surface area contributed by atoms with Crippen LogP contribution >= 0.6 is 0 Å². The van der Waals surface area contributed by atoms with E-state index in [4.69, 9.17) is 5.73 Å². The number of imidazole rings is 1. The van der Waals surface area contributed by atoms with Gasteiger partial charge >= 0.3 is 5.97 Å². The van der Waals surface area contributed by atoms with Crippen LogP contribution < -0.4 is 5.73 Å². The van der Waals surface area contributed by atoms with Gasteiger partial charge in [0.05, 0.1) is 7.11 Å². The summed E-state index contributed by atoms with van der Waals surface area (Å²) in [4.78, 5) is 15.8. The van der Waals surface area contributed by atoms with E-state index < -0.39 is 5.97 Å². The minimum Gasteiger partial charge on any atom is -0.464 e. The maximum absolute atomic E-state index is 11.5. The third-order valence-electron chi connectivity index (χ3n) is 3.47. The second-order valence-corrected chi connectivity index (χ2v) is 4.69. The highest BCUT2D eigenvalue weighted by Crippen LogP contribution is 2.40. The highest BCUT2D eigenvalue weighted by molar-refractivity contribution is 5.92. The molecule has 0 aliphatic heterocycles. The Morgan fingerprint density at radius 2 is 2.29 bits per heavy atom. The van der Waals surface area contributed by atoms with E-state index in [1.165, 1.54) is 13.5 Å². The standard InChI is InChI=1S/C12H19N3O2/c1-4-9-14-10(12(16)17-3)11(13)15(9)6-8-5-7(8)2/h7-8H,4-6,13H2,1-3H3.